The molecule has 0 bridgehead atoms. The van der Waals surface area contributed by atoms with Gasteiger partial charge in [-0.05, 0) is 24.7 Å². The lowest BCUT2D eigenvalue weighted by Crippen LogP contribution is -1.98. The molecular weight excluding hydrogens is 264 g/mol. The highest BCUT2D eigenvalue weighted by Crippen LogP contribution is 2.19. The minimum Gasteiger partial charge on any atom is -0.103 e. The van der Waals surface area contributed by atoms with Crippen LogP contribution in [0.15, 0.2) is 0 Å². The zero-order valence-electron chi connectivity index (χ0n) is 16.1. The van der Waals surface area contributed by atoms with Gasteiger partial charge in [0.05, 0.1) is 0 Å². The summed E-state index contributed by atoms with van der Waals surface area (Å²) in [6, 6.07) is 0. The molecule has 0 heteroatoms. The van der Waals surface area contributed by atoms with Gasteiger partial charge in [0.2, 0.25) is 0 Å². The standard InChI is InChI=1S/C22H42/c1-5-8-10-13-17-21(4)18-14-12-16-20-22(7-3)19-15-11-9-6-2/h21-22H,5-11,13,15-20H2,1-4H3. The van der Waals surface area contributed by atoms with E-state index in [0.29, 0.717) is 0 Å². The Morgan fingerprint density at radius 2 is 1.32 bits per heavy atom. The molecule has 0 aliphatic rings. The predicted molar refractivity (Wildman–Crippen MR) is 102 cm³/mol. The molecule has 0 saturated heterocycles. The fraction of sp³-hybridized carbons (Fsp3) is 0.909. The largest absolute Gasteiger partial charge is 0.103 e. The quantitative estimate of drug-likeness (QED) is 0.227. The van der Waals surface area contributed by atoms with E-state index in [2.05, 4.69) is 39.5 Å². The van der Waals surface area contributed by atoms with E-state index in [1.807, 2.05) is 0 Å². The Morgan fingerprint density at radius 3 is 1.91 bits per heavy atom. The first-order valence-electron chi connectivity index (χ1n) is 10.2. The molecule has 0 nitrogen and oxygen atoms in total. The molecular formula is C22H42. The third-order valence-electron chi connectivity index (χ3n) is 4.85. The highest BCUT2D eigenvalue weighted by Gasteiger charge is 2.04. The molecule has 0 aliphatic carbocycles. The van der Waals surface area contributed by atoms with Crippen molar-refractivity contribution in [2.75, 3.05) is 0 Å². The third-order valence-corrected chi connectivity index (χ3v) is 4.85. The summed E-state index contributed by atoms with van der Waals surface area (Å²) in [5.41, 5.74) is 0. The van der Waals surface area contributed by atoms with Crippen molar-refractivity contribution in [3.8, 4) is 11.8 Å². The Balaban J connectivity index is 3.62. The van der Waals surface area contributed by atoms with Crippen molar-refractivity contribution in [1.29, 1.82) is 0 Å². The van der Waals surface area contributed by atoms with Crippen LogP contribution in [0.25, 0.3) is 0 Å². The SMILES string of the molecule is CCCCCCC(C)CC#CCCC(CC)CCCCCC. The Kier molecular flexibility index (Phi) is 16.6. The molecule has 0 rings (SSSR count). The summed E-state index contributed by atoms with van der Waals surface area (Å²) in [5, 5.41) is 0. The highest BCUT2D eigenvalue weighted by molar-refractivity contribution is 4.99. The molecule has 0 aliphatic heterocycles. The van der Waals surface area contributed by atoms with Crippen molar-refractivity contribution in [2.45, 2.75) is 118 Å². The first kappa shape index (κ1) is 21.6. The van der Waals surface area contributed by atoms with Gasteiger partial charge >= 0.3 is 0 Å². The average molecular weight is 307 g/mol. The molecule has 0 heterocycles. The minimum atomic E-state index is 0.792. The van der Waals surface area contributed by atoms with E-state index in [1.165, 1.54) is 77.0 Å². The zero-order valence-corrected chi connectivity index (χ0v) is 16.1. The van der Waals surface area contributed by atoms with Crippen molar-refractivity contribution in [1.82, 2.24) is 0 Å². The van der Waals surface area contributed by atoms with Gasteiger partial charge in [0, 0.05) is 12.8 Å². The van der Waals surface area contributed by atoms with Gasteiger partial charge in [0.15, 0.2) is 0 Å². The van der Waals surface area contributed by atoms with Crippen molar-refractivity contribution in [3.63, 3.8) is 0 Å². The molecule has 0 spiro atoms. The Morgan fingerprint density at radius 1 is 0.682 bits per heavy atom. The van der Waals surface area contributed by atoms with Crippen LogP contribution in [0.3, 0.4) is 0 Å². The second-order valence-corrected chi connectivity index (χ2v) is 7.17. The van der Waals surface area contributed by atoms with Crippen LogP contribution in [0.5, 0.6) is 0 Å². The topological polar surface area (TPSA) is 0 Å². The fourth-order valence-corrected chi connectivity index (χ4v) is 3.05. The summed E-state index contributed by atoms with van der Waals surface area (Å²) in [5.74, 6) is 8.57. The minimum absolute atomic E-state index is 0.792. The van der Waals surface area contributed by atoms with Crippen LogP contribution in [0.2, 0.25) is 0 Å². The van der Waals surface area contributed by atoms with E-state index in [1.54, 1.807) is 0 Å². The molecule has 0 aromatic rings. The monoisotopic (exact) mass is 306 g/mol. The second kappa shape index (κ2) is 16.9. The lowest BCUT2D eigenvalue weighted by molar-refractivity contribution is 0.419. The number of unbranched alkanes of at least 4 members (excludes halogenated alkanes) is 6. The van der Waals surface area contributed by atoms with Gasteiger partial charge in [-0.15, -0.1) is 11.8 Å². The summed E-state index contributed by atoms with van der Waals surface area (Å²) in [6.45, 7) is 9.28. The lowest BCUT2D eigenvalue weighted by atomic mass is 9.93. The van der Waals surface area contributed by atoms with E-state index in [4.69, 9.17) is 0 Å². The molecule has 2 unspecified atom stereocenters. The zero-order chi connectivity index (χ0) is 16.5. The van der Waals surface area contributed by atoms with Gasteiger partial charge in [0.1, 0.15) is 0 Å². The molecule has 0 saturated carbocycles. The van der Waals surface area contributed by atoms with Crippen LogP contribution in [0.1, 0.15) is 118 Å². The summed E-state index contributed by atoms with van der Waals surface area (Å²) in [6.07, 6.45) is 18.8. The lowest BCUT2D eigenvalue weighted by Gasteiger charge is -2.12. The van der Waals surface area contributed by atoms with Crippen molar-refractivity contribution in [2.24, 2.45) is 11.8 Å². The molecule has 0 aromatic carbocycles. The van der Waals surface area contributed by atoms with Gasteiger partial charge in [-0.2, -0.15) is 0 Å². The molecule has 0 radical (unpaired) electrons. The summed E-state index contributed by atoms with van der Waals surface area (Å²) < 4.78 is 0. The second-order valence-electron chi connectivity index (χ2n) is 7.17. The van der Waals surface area contributed by atoms with E-state index in [0.717, 1.165) is 24.7 Å². The van der Waals surface area contributed by atoms with E-state index < -0.39 is 0 Å². The number of hydrogen-bond acceptors (Lipinski definition) is 0. The first-order chi connectivity index (χ1) is 10.7. The fourth-order valence-electron chi connectivity index (χ4n) is 3.05. The van der Waals surface area contributed by atoms with E-state index in [-0.39, 0.29) is 0 Å². The number of hydrogen-bond donors (Lipinski definition) is 0. The molecule has 2 atom stereocenters. The summed E-state index contributed by atoms with van der Waals surface area (Å²) >= 11 is 0. The molecule has 0 N–H and O–H groups in total. The van der Waals surface area contributed by atoms with Crippen LogP contribution < -0.4 is 0 Å². The Bertz CT molecular complexity index is 267. The van der Waals surface area contributed by atoms with Crippen molar-refractivity contribution < 1.29 is 0 Å². The van der Waals surface area contributed by atoms with Gasteiger partial charge in [0.25, 0.3) is 0 Å². The van der Waals surface area contributed by atoms with Crippen LogP contribution in [-0.4, -0.2) is 0 Å². The average Bonchev–Trinajstić information content (AvgIpc) is 2.53. The van der Waals surface area contributed by atoms with Gasteiger partial charge in [-0.25, -0.2) is 0 Å². The van der Waals surface area contributed by atoms with Crippen LogP contribution in [0, 0.1) is 23.7 Å². The van der Waals surface area contributed by atoms with Crippen molar-refractivity contribution in [3.05, 3.63) is 0 Å². The van der Waals surface area contributed by atoms with Gasteiger partial charge < -0.3 is 0 Å². The van der Waals surface area contributed by atoms with E-state index >= 15 is 0 Å². The molecule has 0 fully saturated rings. The van der Waals surface area contributed by atoms with E-state index in [9.17, 15) is 0 Å². The maximum atomic E-state index is 3.43. The first-order valence-corrected chi connectivity index (χ1v) is 10.2. The van der Waals surface area contributed by atoms with Crippen molar-refractivity contribution >= 4 is 0 Å². The maximum absolute atomic E-state index is 3.43. The van der Waals surface area contributed by atoms with Crippen LogP contribution >= 0.6 is 0 Å². The van der Waals surface area contributed by atoms with Crippen LogP contribution in [0.4, 0.5) is 0 Å². The van der Waals surface area contributed by atoms with Gasteiger partial charge in [-0.3, -0.25) is 0 Å². The normalized spacial score (nSPS) is 13.5. The molecule has 0 aromatic heterocycles. The summed E-state index contributed by atoms with van der Waals surface area (Å²) in [4.78, 5) is 0. The molecule has 22 heavy (non-hydrogen) atoms. The maximum Gasteiger partial charge on any atom is 0.0114 e. The molecule has 130 valence electrons. The predicted octanol–water partition coefficient (Wildman–Crippen LogP) is 7.76. The third kappa shape index (κ3) is 14.5. The Hall–Kier alpha value is -0.440. The number of rotatable bonds is 14. The highest BCUT2D eigenvalue weighted by atomic mass is 14.1. The Labute approximate surface area is 141 Å². The molecule has 0 amide bonds. The van der Waals surface area contributed by atoms with Gasteiger partial charge in [-0.1, -0.05) is 91.9 Å². The summed E-state index contributed by atoms with van der Waals surface area (Å²) in [7, 11) is 0. The smallest absolute Gasteiger partial charge is 0.0114 e. The van der Waals surface area contributed by atoms with Crippen LogP contribution in [-0.2, 0) is 0 Å².